The summed E-state index contributed by atoms with van der Waals surface area (Å²) >= 11 is 0. The Morgan fingerprint density at radius 1 is 1.09 bits per heavy atom. The minimum atomic E-state index is -0.145. The molecule has 4 aromatic rings. The van der Waals surface area contributed by atoms with Crippen molar-refractivity contribution < 1.29 is 0 Å². The smallest absolute Gasteiger partial charge is 0.275 e. The first-order valence-electron chi connectivity index (χ1n) is 7.45. The van der Waals surface area contributed by atoms with Crippen LogP contribution in [0.5, 0.6) is 0 Å². The van der Waals surface area contributed by atoms with Crippen LogP contribution in [0, 0.1) is 0 Å². The van der Waals surface area contributed by atoms with Crippen molar-refractivity contribution in [3.8, 4) is 22.5 Å². The first-order chi connectivity index (χ1) is 11.2. The second kappa shape index (κ2) is 5.24. The van der Waals surface area contributed by atoms with Crippen molar-refractivity contribution in [2.75, 3.05) is 0 Å². The normalized spacial score (nSPS) is 11.2. The number of hydrogen-bond acceptors (Lipinski definition) is 3. The fourth-order valence-electron chi connectivity index (χ4n) is 2.58. The molecule has 3 aromatic heterocycles. The molecule has 0 bridgehead atoms. The number of H-pyrrole nitrogens is 1. The maximum absolute atomic E-state index is 12.0. The first kappa shape index (κ1) is 13.5. The van der Waals surface area contributed by atoms with Gasteiger partial charge in [-0.25, -0.2) is 4.52 Å². The molecule has 0 aliphatic heterocycles. The van der Waals surface area contributed by atoms with E-state index in [0.717, 1.165) is 23.2 Å². The molecule has 0 unspecified atom stereocenters. The van der Waals surface area contributed by atoms with Crippen LogP contribution >= 0.6 is 0 Å². The number of nitrogens with one attached hydrogen (secondary N) is 1. The van der Waals surface area contributed by atoms with Crippen molar-refractivity contribution in [1.82, 2.24) is 24.4 Å². The number of nitrogens with zero attached hydrogens (tertiary/aromatic N) is 4. The first-order valence-corrected chi connectivity index (χ1v) is 7.45. The molecule has 0 radical (unpaired) electrons. The molecule has 6 heteroatoms. The second-order valence-corrected chi connectivity index (χ2v) is 5.30. The summed E-state index contributed by atoms with van der Waals surface area (Å²) in [6, 6.07) is 11.5. The average Bonchev–Trinajstić information content (AvgIpc) is 3.24. The van der Waals surface area contributed by atoms with Crippen molar-refractivity contribution in [2.45, 2.75) is 13.5 Å². The highest BCUT2D eigenvalue weighted by Crippen LogP contribution is 2.22. The number of benzene rings is 1. The molecule has 114 valence electrons. The minimum Gasteiger partial charge on any atom is -0.303 e. The lowest BCUT2D eigenvalue weighted by molar-refractivity contribution is 0.660. The Kier molecular flexibility index (Phi) is 3.08. The zero-order valence-electron chi connectivity index (χ0n) is 12.6. The molecule has 0 atom stereocenters. The monoisotopic (exact) mass is 305 g/mol. The Hall–Kier alpha value is -3.15. The molecule has 1 N–H and O–H groups in total. The van der Waals surface area contributed by atoms with E-state index in [1.807, 2.05) is 41.3 Å². The number of hydrogen-bond donors (Lipinski definition) is 1. The Morgan fingerprint density at radius 2 is 1.87 bits per heavy atom. The third-order valence-electron chi connectivity index (χ3n) is 3.85. The topological polar surface area (TPSA) is 68.0 Å². The number of aromatic nitrogens is 5. The van der Waals surface area contributed by atoms with E-state index in [1.54, 1.807) is 22.8 Å². The molecule has 0 spiro atoms. The van der Waals surface area contributed by atoms with E-state index in [9.17, 15) is 4.79 Å². The van der Waals surface area contributed by atoms with Crippen molar-refractivity contribution >= 4 is 5.52 Å². The van der Waals surface area contributed by atoms with E-state index in [0.29, 0.717) is 11.3 Å². The van der Waals surface area contributed by atoms with Gasteiger partial charge in [0.2, 0.25) is 0 Å². The number of rotatable bonds is 3. The number of aromatic amines is 1. The predicted octanol–water partition coefficient (Wildman–Crippen LogP) is 2.57. The summed E-state index contributed by atoms with van der Waals surface area (Å²) in [5.74, 6) is 0.550. The average molecular weight is 305 g/mol. The van der Waals surface area contributed by atoms with Gasteiger partial charge in [-0.2, -0.15) is 5.10 Å². The summed E-state index contributed by atoms with van der Waals surface area (Å²) in [7, 11) is 0. The number of aryl methyl sites for hydroxylation is 1. The molecule has 0 amide bonds. The molecular weight excluding hydrogens is 290 g/mol. The predicted molar refractivity (Wildman–Crippen MR) is 88.1 cm³/mol. The summed E-state index contributed by atoms with van der Waals surface area (Å²) in [6.07, 6.45) is 5.63. The fourth-order valence-corrected chi connectivity index (χ4v) is 2.58. The number of fused-ring (bicyclic) bond motifs is 1. The summed E-state index contributed by atoms with van der Waals surface area (Å²) in [4.78, 5) is 14.9. The van der Waals surface area contributed by atoms with E-state index in [4.69, 9.17) is 0 Å². The highest BCUT2D eigenvalue weighted by molar-refractivity contribution is 5.66. The van der Waals surface area contributed by atoms with Crippen LogP contribution in [-0.4, -0.2) is 24.4 Å². The fraction of sp³-hybridized carbons (Fsp3) is 0.118. The summed E-state index contributed by atoms with van der Waals surface area (Å²) in [5.41, 5.74) is 3.41. The third kappa shape index (κ3) is 2.34. The van der Waals surface area contributed by atoms with Gasteiger partial charge in [0.05, 0.1) is 6.20 Å². The third-order valence-corrected chi connectivity index (χ3v) is 3.85. The minimum absolute atomic E-state index is 0.145. The van der Waals surface area contributed by atoms with Crippen LogP contribution in [0.4, 0.5) is 0 Å². The summed E-state index contributed by atoms with van der Waals surface area (Å²) in [5, 5.41) is 8.72. The Bertz CT molecular complexity index is 1020. The van der Waals surface area contributed by atoms with Crippen LogP contribution < -0.4 is 5.56 Å². The van der Waals surface area contributed by atoms with E-state index in [-0.39, 0.29) is 5.56 Å². The second-order valence-electron chi connectivity index (χ2n) is 5.30. The summed E-state index contributed by atoms with van der Waals surface area (Å²) in [6.45, 7) is 2.90. The Morgan fingerprint density at radius 3 is 2.61 bits per heavy atom. The molecule has 0 fully saturated rings. The largest absolute Gasteiger partial charge is 0.303 e. The zero-order valence-corrected chi connectivity index (χ0v) is 12.6. The van der Waals surface area contributed by atoms with Gasteiger partial charge in [-0.1, -0.05) is 24.3 Å². The molecule has 1 aromatic carbocycles. The van der Waals surface area contributed by atoms with E-state index in [1.165, 1.54) is 0 Å². The highest BCUT2D eigenvalue weighted by atomic mass is 16.1. The molecule has 0 saturated heterocycles. The van der Waals surface area contributed by atoms with E-state index in [2.05, 4.69) is 22.1 Å². The van der Waals surface area contributed by atoms with E-state index >= 15 is 0 Å². The van der Waals surface area contributed by atoms with Gasteiger partial charge in [-0.3, -0.25) is 9.48 Å². The van der Waals surface area contributed by atoms with Crippen LogP contribution in [0.3, 0.4) is 0 Å². The lowest BCUT2D eigenvalue weighted by Crippen LogP contribution is -2.13. The van der Waals surface area contributed by atoms with Crippen molar-refractivity contribution in [2.24, 2.45) is 0 Å². The van der Waals surface area contributed by atoms with Gasteiger partial charge in [0.15, 0.2) is 5.82 Å². The highest BCUT2D eigenvalue weighted by Gasteiger charge is 2.07. The van der Waals surface area contributed by atoms with Gasteiger partial charge in [-0.05, 0) is 24.6 Å². The van der Waals surface area contributed by atoms with Crippen LogP contribution in [0.2, 0.25) is 0 Å². The van der Waals surface area contributed by atoms with Crippen LogP contribution in [-0.2, 0) is 6.54 Å². The standard InChI is InChI=1S/C17H15N5O/c1-2-21-11-14(10-18-21)12-5-7-13(8-6-12)16-19-17(23)15-4-3-9-22(15)20-16/h3-11H,2H2,1H3,(H,19,20,23). The maximum Gasteiger partial charge on any atom is 0.275 e. The molecule has 0 aliphatic rings. The van der Waals surface area contributed by atoms with Crippen molar-refractivity contribution in [1.29, 1.82) is 0 Å². The zero-order chi connectivity index (χ0) is 15.8. The van der Waals surface area contributed by atoms with Crippen molar-refractivity contribution in [3.05, 3.63) is 65.3 Å². The van der Waals surface area contributed by atoms with Gasteiger partial charge in [0.1, 0.15) is 5.52 Å². The summed E-state index contributed by atoms with van der Waals surface area (Å²) < 4.78 is 3.48. The van der Waals surface area contributed by atoms with Gasteiger partial charge in [0, 0.05) is 30.1 Å². The van der Waals surface area contributed by atoms with Crippen LogP contribution in [0.1, 0.15) is 6.92 Å². The SMILES string of the molecule is CCn1cc(-c2ccc(-c3nn4cccc4c(=O)[nH]3)cc2)cn1. The lowest BCUT2D eigenvalue weighted by Gasteiger charge is -2.03. The lowest BCUT2D eigenvalue weighted by atomic mass is 10.1. The molecule has 4 rings (SSSR count). The molecule has 3 heterocycles. The Balaban J connectivity index is 1.73. The van der Waals surface area contributed by atoms with Crippen LogP contribution in [0.15, 0.2) is 59.8 Å². The van der Waals surface area contributed by atoms with Gasteiger partial charge >= 0.3 is 0 Å². The van der Waals surface area contributed by atoms with Crippen LogP contribution in [0.25, 0.3) is 28.0 Å². The molecule has 0 saturated carbocycles. The van der Waals surface area contributed by atoms with E-state index < -0.39 is 0 Å². The molecule has 6 nitrogen and oxygen atoms in total. The maximum atomic E-state index is 12.0. The van der Waals surface area contributed by atoms with Gasteiger partial charge in [0.25, 0.3) is 5.56 Å². The van der Waals surface area contributed by atoms with Gasteiger partial charge < -0.3 is 4.98 Å². The Labute approximate surface area is 132 Å². The van der Waals surface area contributed by atoms with Crippen molar-refractivity contribution in [3.63, 3.8) is 0 Å². The quantitative estimate of drug-likeness (QED) is 0.632. The molecule has 0 aliphatic carbocycles. The molecular formula is C17H15N5O. The van der Waals surface area contributed by atoms with Gasteiger partial charge in [-0.15, -0.1) is 5.10 Å². The molecule has 23 heavy (non-hydrogen) atoms.